The van der Waals surface area contributed by atoms with E-state index >= 15 is 0 Å². The van der Waals surface area contributed by atoms with Crippen molar-refractivity contribution in [1.82, 2.24) is 5.32 Å². The van der Waals surface area contributed by atoms with Crippen LogP contribution in [0.15, 0.2) is 0 Å². The van der Waals surface area contributed by atoms with Gasteiger partial charge in [-0.15, -0.1) is 0 Å². The van der Waals surface area contributed by atoms with Crippen molar-refractivity contribution in [2.75, 3.05) is 6.54 Å². The monoisotopic (exact) mass is 194 g/mol. The molecule has 0 aliphatic carbocycles. The van der Waals surface area contributed by atoms with Gasteiger partial charge in [0.05, 0.1) is 12.1 Å². The minimum absolute atomic E-state index is 0.443. The lowest BCUT2D eigenvalue weighted by Crippen LogP contribution is -2.53. The van der Waals surface area contributed by atoms with E-state index in [0.29, 0.717) is 12.8 Å². The van der Waals surface area contributed by atoms with Gasteiger partial charge in [-0.05, 0) is 12.8 Å². The summed E-state index contributed by atoms with van der Waals surface area (Å²) in [7, 11) is 0. The van der Waals surface area contributed by atoms with Gasteiger partial charge in [0.15, 0.2) is 0 Å². The van der Waals surface area contributed by atoms with Crippen molar-refractivity contribution in [3.05, 3.63) is 0 Å². The van der Waals surface area contributed by atoms with Gasteiger partial charge in [0, 0.05) is 0 Å². The van der Waals surface area contributed by atoms with E-state index in [4.69, 9.17) is 5.73 Å². The number of alkyl halides is 2. The Bertz CT molecular complexity index is 170. The highest BCUT2D eigenvalue weighted by Gasteiger charge is 2.29. The number of hydrogen-bond donors (Lipinski definition) is 2. The number of nitrogens with two attached hydrogens (primary N) is 1. The molecule has 0 fully saturated rings. The van der Waals surface area contributed by atoms with E-state index in [-0.39, 0.29) is 0 Å². The van der Waals surface area contributed by atoms with Crippen LogP contribution in [0.4, 0.5) is 8.78 Å². The summed E-state index contributed by atoms with van der Waals surface area (Å²) in [6.45, 7) is 2.88. The van der Waals surface area contributed by atoms with E-state index in [1.807, 2.05) is 0 Å². The molecule has 0 atom stereocenters. The smallest absolute Gasteiger partial charge is 0.255 e. The molecule has 0 radical (unpaired) electrons. The Balaban J connectivity index is 4.07. The fraction of sp³-hybridized carbons (Fsp3) is 0.875. The molecule has 5 heteroatoms. The summed E-state index contributed by atoms with van der Waals surface area (Å²) < 4.78 is 23.5. The highest BCUT2D eigenvalue weighted by atomic mass is 19.3. The third-order valence-corrected chi connectivity index (χ3v) is 2.13. The van der Waals surface area contributed by atoms with E-state index in [9.17, 15) is 13.6 Å². The SMILES string of the molecule is CCC(N)(CC)C(=O)NCC(F)F. The van der Waals surface area contributed by atoms with Gasteiger partial charge in [0.25, 0.3) is 6.43 Å². The standard InChI is InChI=1S/C8H16F2N2O/c1-3-8(11,4-2)7(13)12-5-6(9)10/h6H,3-5,11H2,1-2H3,(H,12,13). The van der Waals surface area contributed by atoms with Crippen LogP contribution in [0.1, 0.15) is 26.7 Å². The van der Waals surface area contributed by atoms with Crippen LogP contribution >= 0.6 is 0 Å². The second-order valence-electron chi connectivity index (χ2n) is 2.96. The number of carbonyl (C=O) groups excluding carboxylic acids is 1. The van der Waals surface area contributed by atoms with Crippen LogP contribution in [0.25, 0.3) is 0 Å². The summed E-state index contributed by atoms with van der Waals surface area (Å²) in [6.07, 6.45) is -1.64. The van der Waals surface area contributed by atoms with Crippen molar-refractivity contribution >= 4 is 5.91 Å². The third-order valence-electron chi connectivity index (χ3n) is 2.13. The fourth-order valence-electron chi connectivity index (χ4n) is 0.917. The Morgan fingerprint density at radius 2 is 1.92 bits per heavy atom. The quantitative estimate of drug-likeness (QED) is 0.682. The molecule has 78 valence electrons. The third kappa shape index (κ3) is 3.67. The van der Waals surface area contributed by atoms with Crippen LogP contribution in [-0.2, 0) is 4.79 Å². The molecule has 0 unspecified atom stereocenters. The maximum Gasteiger partial charge on any atom is 0.255 e. The largest absolute Gasteiger partial charge is 0.349 e. The molecule has 0 aromatic heterocycles. The van der Waals surface area contributed by atoms with Crippen LogP contribution in [0, 0.1) is 0 Å². The Hall–Kier alpha value is -0.710. The summed E-state index contributed by atoms with van der Waals surface area (Å²) >= 11 is 0. The van der Waals surface area contributed by atoms with Crippen molar-refractivity contribution in [3.63, 3.8) is 0 Å². The van der Waals surface area contributed by atoms with Crippen molar-refractivity contribution in [3.8, 4) is 0 Å². The second-order valence-corrected chi connectivity index (χ2v) is 2.96. The molecule has 3 N–H and O–H groups in total. The van der Waals surface area contributed by atoms with Crippen molar-refractivity contribution in [2.45, 2.75) is 38.7 Å². The molecule has 0 bridgehead atoms. The molecule has 0 aromatic carbocycles. The molecule has 0 saturated heterocycles. The van der Waals surface area contributed by atoms with E-state index in [0.717, 1.165) is 0 Å². The summed E-state index contributed by atoms with van der Waals surface area (Å²) in [6, 6.07) is 0. The van der Waals surface area contributed by atoms with Gasteiger partial charge in [-0.3, -0.25) is 4.79 Å². The number of halogens is 2. The van der Waals surface area contributed by atoms with Gasteiger partial charge in [-0.2, -0.15) is 0 Å². The fourth-order valence-corrected chi connectivity index (χ4v) is 0.917. The van der Waals surface area contributed by atoms with Crippen LogP contribution < -0.4 is 11.1 Å². The summed E-state index contributed by atoms with van der Waals surface area (Å²) in [5.74, 6) is -0.502. The number of hydrogen-bond acceptors (Lipinski definition) is 2. The summed E-state index contributed by atoms with van der Waals surface area (Å²) in [4.78, 5) is 11.3. The van der Waals surface area contributed by atoms with Gasteiger partial charge in [0.1, 0.15) is 0 Å². The molecule has 0 aliphatic heterocycles. The average molecular weight is 194 g/mol. The normalized spacial score (nSPS) is 11.8. The first-order valence-corrected chi connectivity index (χ1v) is 4.31. The van der Waals surface area contributed by atoms with E-state index in [2.05, 4.69) is 5.32 Å². The van der Waals surface area contributed by atoms with Crippen LogP contribution in [-0.4, -0.2) is 24.4 Å². The molecule has 0 heterocycles. The zero-order valence-electron chi connectivity index (χ0n) is 7.94. The van der Waals surface area contributed by atoms with E-state index < -0.39 is 24.4 Å². The maximum absolute atomic E-state index is 11.7. The zero-order chi connectivity index (χ0) is 10.5. The zero-order valence-corrected chi connectivity index (χ0v) is 7.94. The number of nitrogens with one attached hydrogen (secondary N) is 1. The second kappa shape index (κ2) is 5.11. The highest BCUT2D eigenvalue weighted by molar-refractivity contribution is 5.85. The summed E-state index contributed by atoms with van der Waals surface area (Å²) in [5, 5.41) is 2.11. The van der Waals surface area contributed by atoms with E-state index in [1.165, 1.54) is 0 Å². The Labute approximate surface area is 76.7 Å². The molecule has 0 rings (SSSR count). The minimum Gasteiger partial charge on any atom is -0.349 e. The Morgan fingerprint density at radius 1 is 1.46 bits per heavy atom. The molecular weight excluding hydrogens is 178 g/mol. The van der Waals surface area contributed by atoms with Crippen LogP contribution in [0.3, 0.4) is 0 Å². The van der Waals surface area contributed by atoms with Crippen LogP contribution in [0.2, 0.25) is 0 Å². The van der Waals surface area contributed by atoms with Crippen molar-refractivity contribution < 1.29 is 13.6 Å². The van der Waals surface area contributed by atoms with Gasteiger partial charge in [-0.1, -0.05) is 13.8 Å². The van der Waals surface area contributed by atoms with Gasteiger partial charge in [0.2, 0.25) is 5.91 Å². The molecule has 3 nitrogen and oxygen atoms in total. The van der Waals surface area contributed by atoms with Gasteiger partial charge in [-0.25, -0.2) is 8.78 Å². The van der Waals surface area contributed by atoms with Crippen molar-refractivity contribution in [1.29, 1.82) is 0 Å². The maximum atomic E-state index is 11.7. The first kappa shape index (κ1) is 12.3. The molecule has 1 amide bonds. The molecule has 13 heavy (non-hydrogen) atoms. The number of rotatable bonds is 5. The number of carbonyl (C=O) groups is 1. The first-order valence-electron chi connectivity index (χ1n) is 4.31. The molecule has 0 spiro atoms. The Kier molecular flexibility index (Phi) is 4.83. The molecule has 0 saturated carbocycles. The van der Waals surface area contributed by atoms with Gasteiger partial charge >= 0.3 is 0 Å². The topological polar surface area (TPSA) is 55.1 Å². The van der Waals surface area contributed by atoms with Crippen LogP contribution in [0.5, 0.6) is 0 Å². The van der Waals surface area contributed by atoms with Crippen molar-refractivity contribution in [2.24, 2.45) is 5.73 Å². The Morgan fingerprint density at radius 3 is 2.23 bits per heavy atom. The minimum atomic E-state index is -2.53. The molecule has 0 aromatic rings. The lowest BCUT2D eigenvalue weighted by atomic mass is 9.93. The number of amides is 1. The van der Waals surface area contributed by atoms with E-state index in [1.54, 1.807) is 13.8 Å². The summed E-state index contributed by atoms with van der Waals surface area (Å²) in [5.41, 5.74) is 4.66. The lowest BCUT2D eigenvalue weighted by molar-refractivity contribution is -0.127. The predicted octanol–water partition coefficient (Wildman–Crippen LogP) is 0.885. The first-order chi connectivity index (χ1) is 5.96. The van der Waals surface area contributed by atoms with Gasteiger partial charge < -0.3 is 11.1 Å². The average Bonchev–Trinajstić information content (AvgIpc) is 2.12. The predicted molar refractivity (Wildman–Crippen MR) is 46.5 cm³/mol. The highest BCUT2D eigenvalue weighted by Crippen LogP contribution is 2.10. The lowest BCUT2D eigenvalue weighted by Gasteiger charge is -2.24. The molecular formula is C8H16F2N2O. The molecule has 0 aliphatic rings.